The van der Waals surface area contributed by atoms with Crippen LogP contribution in [0.1, 0.15) is 81.3 Å². The molecule has 5 fully saturated rings. The normalized spacial score (nSPS) is 34.6. The fraction of sp³-hybridized carbons (Fsp3) is 0.531. The molecule has 1 saturated heterocycles. The Hall–Kier alpha value is -2.82. The van der Waals surface area contributed by atoms with E-state index in [0.717, 1.165) is 0 Å². The Balaban J connectivity index is 1.38. The number of carbonyl (C=O) groups is 3. The van der Waals surface area contributed by atoms with Gasteiger partial charge in [0, 0.05) is 40.5 Å². The van der Waals surface area contributed by atoms with Crippen molar-refractivity contribution < 1.29 is 32.7 Å². The third-order valence-electron chi connectivity index (χ3n) is 11.5. The van der Waals surface area contributed by atoms with Crippen molar-refractivity contribution in [2.45, 2.75) is 98.6 Å². The number of carboxylic acid groups (broad SMARTS) is 1. The van der Waals surface area contributed by atoms with Crippen LogP contribution in [0.15, 0.2) is 36.4 Å². The van der Waals surface area contributed by atoms with Gasteiger partial charge in [0.2, 0.25) is 17.7 Å². The largest absolute Gasteiger partial charge is 0.481 e. The Bertz CT molecular complexity index is 1570. The number of aliphatic carboxylic acids is 1. The molecule has 12 heteroatoms. The van der Waals surface area contributed by atoms with Crippen molar-refractivity contribution >= 4 is 46.7 Å². The molecule has 7 nitrogen and oxygen atoms in total. The van der Waals surface area contributed by atoms with E-state index in [1.807, 2.05) is 0 Å². The molecule has 8 rings (SSSR count). The van der Waals surface area contributed by atoms with Gasteiger partial charge >= 0.3 is 5.97 Å². The first kappa shape index (κ1) is 29.9. The van der Waals surface area contributed by atoms with Gasteiger partial charge in [-0.15, -0.1) is 0 Å². The summed E-state index contributed by atoms with van der Waals surface area (Å²) in [5.41, 5.74) is -3.53. The van der Waals surface area contributed by atoms with Gasteiger partial charge in [-0.05, 0) is 80.7 Å². The predicted molar refractivity (Wildman–Crippen MR) is 158 cm³/mol. The summed E-state index contributed by atoms with van der Waals surface area (Å²) < 4.78 is 45.5. The summed E-state index contributed by atoms with van der Waals surface area (Å²) in [6.45, 7) is 0. The monoisotopic (exact) mass is 649 g/mol. The topological polar surface area (TPSA) is 108 Å². The summed E-state index contributed by atoms with van der Waals surface area (Å²) in [5.74, 6) is -6.73. The second kappa shape index (κ2) is 9.84. The molecule has 2 spiro atoms. The van der Waals surface area contributed by atoms with Gasteiger partial charge in [0.05, 0.1) is 16.5 Å². The highest BCUT2D eigenvalue weighted by molar-refractivity contribution is 6.31. The van der Waals surface area contributed by atoms with Crippen molar-refractivity contribution in [1.82, 2.24) is 10.6 Å². The lowest BCUT2D eigenvalue weighted by Gasteiger charge is -2.52. The first-order valence-corrected chi connectivity index (χ1v) is 15.8. The molecule has 44 heavy (non-hydrogen) atoms. The maximum Gasteiger partial charge on any atom is 0.309 e. The molecule has 3 unspecified atom stereocenters. The molecule has 6 aliphatic rings. The number of alkyl halides is 2. The zero-order chi connectivity index (χ0) is 31.3. The molecule has 3 atom stereocenters. The van der Waals surface area contributed by atoms with Gasteiger partial charge in [-0.1, -0.05) is 41.4 Å². The second-order valence-corrected chi connectivity index (χ2v) is 14.3. The van der Waals surface area contributed by atoms with Gasteiger partial charge in [0.15, 0.2) is 0 Å². The average Bonchev–Trinajstić information content (AvgIpc) is 3.45. The third-order valence-corrected chi connectivity index (χ3v) is 12.0. The average molecular weight is 651 g/mol. The van der Waals surface area contributed by atoms with Crippen molar-refractivity contribution in [2.75, 3.05) is 5.32 Å². The van der Waals surface area contributed by atoms with Gasteiger partial charge in [0.1, 0.15) is 11.2 Å². The van der Waals surface area contributed by atoms with Gasteiger partial charge in [0.25, 0.3) is 0 Å². The van der Waals surface area contributed by atoms with Crippen LogP contribution in [0.4, 0.5) is 18.9 Å². The lowest BCUT2D eigenvalue weighted by Crippen LogP contribution is -2.63. The Kier molecular flexibility index (Phi) is 6.68. The molecule has 234 valence electrons. The van der Waals surface area contributed by atoms with E-state index in [2.05, 4.69) is 16.0 Å². The number of nitrogens with one attached hydrogen (secondary N) is 3. The van der Waals surface area contributed by atoms with Crippen LogP contribution >= 0.6 is 23.2 Å². The molecule has 4 aliphatic carbocycles. The van der Waals surface area contributed by atoms with Gasteiger partial charge in [-0.25, -0.2) is 13.2 Å². The molecule has 2 amide bonds. The van der Waals surface area contributed by atoms with Crippen LogP contribution in [0.2, 0.25) is 10.0 Å². The zero-order valence-electron chi connectivity index (χ0n) is 23.8. The van der Waals surface area contributed by atoms with Crippen LogP contribution in [0.25, 0.3) is 0 Å². The summed E-state index contributed by atoms with van der Waals surface area (Å²) in [5, 5.41) is 19.5. The number of carboxylic acids is 1. The van der Waals surface area contributed by atoms with Gasteiger partial charge < -0.3 is 15.7 Å². The van der Waals surface area contributed by atoms with Crippen molar-refractivity contribution in [3.63, 3.8) is 0 Å². The van der Waals surface area contributed by atoms with E-state index < -0.39 is 76.2 Å². The number of halogens is 5. The van der Waals surface area contributed by atoms with E-state index in [-0.39, 0.29) is 23.4 Å². The number of carbonyl (C=O) groups excluding carboxylic acids is 2. The maximum atomic E-state index is 16.1. The SMILES string of the molecule is O=C(NC12CCC(C(=O)O)(CC1)CC2)C1NC2(CCC(F)(F)CC2)C2(C(=O)Nc3cc(Cl)ccc32)C1c1cccc(Cl)c1F. The number of amides is 2. The van der Waals surface area contributed by atoms with Crippen molar-refractivity contribution in [1.29, 1.82) is 0 Å². The summed E-state index contributed by atoms with van der Waals surface area (Å²) in [4.78, 5) is 40.9. The molecule has 2 aliphatic heterocycles. The molecule has 2 aromatic rings. The number of rotatable bonds is 4. The molecule has 2 aromatic carbocycles. The van der Waals surface area contributed by atoms with Crippen LogP contribution in [-0.2, 0) is 19.8 Å². The van der Waals surface area contributed by atoms with Crippen LogP contribution < -0.4 is 16.0 Å². The van der Waals surface area contributed by atoms with E-state index in [1.165, 1.54) is 12.1 Å². The molecule has 0 aromatic heterocycles. The lowest BCUT2D eigenvalue weighted by molar-refractivity contribution is -0.157. The van der Waals surface area contributed by atoms with E-state index in [9.17, 15) is 28.3 Å². The van der Waals surface area contributed by atoms with E-state index in [1.54, 1.807) is 24.3 Å². The predicted octanol–water partition coefficient (Wildman–Crippen LogP) is 6.32. The highest BCUT2D eigenvalue weighted by Crippen LogP contribution is 2.64. The van der Waals surface area contributed by atoms with Crippen molar-refractivity contribution in [3.05, 3.63) is 63.4 Å². The second-order valence-electron chi connectivity index (χ2n) is 13.5. The first-order chi connectivity index (χ1) is 20.8. The van der Waals surface area contributed by atoms with Gasteiger partial charge in [-0.2, -0.15) is 0 Å². The minimum Gasteiger partial charge on any atom is -0.481 e. The maximum absolute atomic E-state index is 16.1. The number of hydrogen-bond acceptors (Lipinski definition) is 4. The standard InChI is InChI=1S/C32H32Cl2F3N3O4/c33-17-4-5-19-21(16-17)38-26(42)32(19)22(18-2-1-3-20(34)23(18)35)24(39-30(32)12-14-31(36,37)15-13-30)25(41)40-29-9-6-28(7-10-29,8-11-29)27(43)44/h1-5,16,22,24,39H,6-15H2,(H,38,42)(H,40,41)(H,43,44). The Morgan fingerprint density at radius 2 is 1.59 bits per heavy atom. The summed E-state index contributed by atoms with van der Waals surface area (Å²) >= 11 is 12.6. The van der Waals surface area contributed by atoms with E-state index in [0.29, 0.717) is 54.8 Å². The highest BCUT2D eigenvalue weighted by atomic mass is 35.5. The number of fused-ring (bicyclic) bond motifs is 6. The molecular formula is C32H32Cl2F3N3O4. The zero-order valence-corrected chi connectivity index (χ0v) is 25.3. The molecular weight excluding hydrogens is 618 g/mol. The molecule has 4 N–H and O–H groups in total. The molecule has 2 bridgehead atoms. The quantitative estimate of drug-likeness (QED) is 0.310. The fourth-order valence-electron chi connectivity index (χ4n) is 9.14. The summed E-state index contributed by atoms with van der Waals surface area (Å²) in [6.07, 6.45) is 1.38. The number of hydrogen-bond donors (Lipinski definition) is 4. The van der Waals surface area contributed by atoms with Gasteiger partial charge in [-0.3, -0.25) is 19.7 Å². The highest BCUT2D eigenvalue weighted by Gasteiger charge is 2.73. The minimum absolute atomic E-state index is 0.0343. The Morgan fingerprint density at radius 3 is 2.23 bits per heavy atom. The summed E-state index contributed by atoms with van der Waals surface area (Å²) in [6, 6.07) is 8.06. The van der Waals surface area contributed by atoms with Crippen LogP contribution in [0, 0.1) is 11.2 Å². The lowest BCUT2D eigenvalue weighted by atomic mass is 9.55. The first-order valence-electron chi connectivity index (χ1n) is 15.0. The van der Waals surface area contributed by atoms with Crippen molar-refractivity contribution in [2.24, 2.45) is 5.41 Å². The molecule has 2 heterocycles. The Labute approximate surface area is 262 Å². The minimum atomic E-state index is -2.96. The van der Waals surface area contributed by atoms with E-state index in [4.69, 9.17) is 23.2 Å². The fourth-order valence-corrected chi connectivity index (χ4v) is 9.49. The summed E-state index contributed by atoms with van der Waals surface area (Å²) in [7, 11) is 0. The van der Waals surface area contributed by atoms with E-state index >= 15 is 4.39 Å². The molecule has 4 saturated carbocycles. The van der Waals surface area contributed by atoms with Crippen LogP contribution in [-0.4, -0.2) is 45.9 Å². The van der Waals surface area contributed by atoms with Crippen molar-refractivity contribution in [3.8, 4) is 0 Å². The van der Waals surface area contributed by atoms with Crippen LogP contribution in [0.3, 0.4) is 0 Å². The Morgan fingerprint density at radius 1 is 0.932 bits per heavy atom. The third kappa shape index (κ3) is 4.09. The number of anilines is 1. The smallest absolute Gasteiger partial charge is 0.309 e. The number of benzene rings is 2. The molecule has 0 radical (unpaired) electrons. The van der Waals surface area contributed by atoms with Crippen LogP contribution in [0.5, 0.6) is 0 Å².